The van der Waals surface area contributed by atoms with Crippen molar-refractivity contribution in [3.8, 4) is 0 Å². The summed E-state index contributed by atoms with van der Waals surface area (Å²) < 4.78 is 7.11. The minimum Gasteiger partial charge on any atom is -0.394 e. The van der Waals surface area contributed by atoms with Crippen molar-refractivity contribution in [3.05, 3.63) is 18.6 Å². The quantitative estimate of drug-likeness (QED) is 0.606. The van der Waals surface area contributed by atoms with Gasteiger partial charge in [-0.2, -0.15) is 0 Å². The molecule has 2 aromatic heterocycles. The summed E-state index contributed by atoms with van der Waals surface area (Å²) in [5.41, 5.74) is 0.781. The van der Waals surface area contributed by atoms with Crippen LogP contribution < -0.4 is 10.6 Å². The molecule has 2 aromatic rings. The van der Waals surface area contributed by atoms with Crippen molar-refractivity contribution in [2.75, 3.05) is 43.5 Å². The molecule has 0 aromatic carbocycles. The Morgan fingerprint density at radius 1 is 1.37 bits per heavy atom. The fourth-order valence-electron chi connectivity index (χ4n) is 1.72. The summed E-state index contributed by atoms with van der Waals surface area (Å²) in [5.74, 6) is 1.52. The van der Waals surface area contributed by atoms with Crippen LogP contribution in [0.25, 0.3) is 5.65 Å². The highest BCUT2D eigenvalue weighted by Gasteiger charge is 2.06. The normalized spacial score (nSPS) is 10.8. The van der Waals surface area contributed by atoms with Crippen molar-refractivity contribution in [3.63, 3.8) is 0 Å². The molecule has 0 bridgehead atoms. The predicted octanol–water partition coefficient (Wildman–Crippen LogP) is 0.582. The summed E-state index contributed by atoms with van der Waals surface area (Å²) in [4.78, 5) is 8.73. The standard InChI is InChI=1S/C12H19N5O2/c1-2-13-10-9-17-5-3-15-12(17)11(16-10)14-4-7-19-8-6-18/h3,5,9,13,18H,2,4,6-8H2,1H3,(H,14,16). The van der Waals surface area contributed by atoms with Gasteiger partial charge in [0.25, 0.3) is 0 Å². The van der Waals surface area contributed by atoms with Crippen LogP contribution in [-0.4, -0.2) is 52.4 Å². The average Bonchev–Trinajstić information content (AvgIpc) is 2.87. The van der Waals surface area contributed by atoms with Gasteiger partial charge in [-0.05, 0) is 6.92 Å². The van der Waals surface area contributed by atoms with Crippen molar-refractivity contribution in [1.82, 2.24) is 14.4 Å². The molecule has 3 N–H and O–H groups in total. The first-order chi connectivity index (χ1) is 9.35. The van der Waals surface area contributed by atoms with E-state index in [0.717, 1.165) is 23.8 Å². The van der Waals surface area contributed by atoms with E-state index >= 15 is 0 Å². The number of ether oxygens (including phenoxy) is 1. The van der Waals surface area contributed by atoms with Gasteiger partial charge >= 0.3 is 0 Å². The molecule has 7 nitrogen and oxygen atoms in total. The monoisotopic (exact) mass is 265 g/mol. The summed E-state index contributed by atoms with van der Waals surface area (Å²) in [5, 5.41) is 15.0. The lowest BCUT2D eigenvalue weighted by Crippen LogP contribution is -2.14. The van der Waals surface area contributed by atoms with E-state index in [-0.39, 0.29) is 6.61 Å². The van der Waals surface area contributed by atoms with Gasteiger partial charge in [-0.25, -0.2) is 9.97 Å². The van der Waals surface area contributed by atoms with E-state index in [1.54, 1.807) is 6.20 Å². The molecule has 0 amide bonds. The van der Waals surface area contributed by atoms with E-state index in [9.17, 15) is 0 Å². The number of nitrogens with zero attached hydrogens (tertiary/aromatic N) is 3. The molecule has 19 heavy (non-hydrogen) atoms. The Morgan fingerprint density at radius 3 is 3.05 bits per heavy atom. The maximum atomic E-state index is 8.61. The van der Waals surface area contributed by atoms with Crippen LogP contribution in [0.15, 0.2) is 18.6 Å². The lowest BCUT2D eigenvalue weighted by molar-refractivity contribution is 0.0992. The van der Waals surface area contributed by atoms with Crippen LogP contribution in [0.2, 0.25) is 0 Å². The molecule has 0 aliphatic rings. The van der Waals surface area contributed by atoms with E-state index in [1.165, 1.54) is 0 Å². The van der Waals surface area contributed by atoms with Gasteiger partial charge in [-0.3, -0.25) is 0 Å². The SMILES string of the molecule is CCNc1cn2ccnc2c(NCCOCCO)n1. The average molecular weight is 265 g/mol. The van der Waals surface area contributed by atoms with Crippen LogP contribution in [0.1, 0.15) is 6.92 Å². The molecule has 104 valence electrons. The number of nitrogens with one attached hydrogen (secondary N) is 2. The Kier molecular flexibility index (Phi) is 4.93. The number of hydrogen-bond donors (Lipinski definition) is 3. The van der Waals surface area contributed by atoms with Crippen LogP contribution in [-0.2, 0) is 4.74 Å². The topological polar surface area (TPSA) is 83.7 Å². The maximum absolute atomic E-state index is 8.61. The second-order valence-corrected chi connectivity index (χ2v) is 3.93. The van der Waals surface area contributed by atoms with E-state index in [0.29, 0.717) is 19.8 Å². The third kappa shape index (κ3) is 3.55. The number of imidazole rings is 1. The Morgan fingerprint density at radius 2 is 2.26 bits per heavy atom. The Hall–Kier alpha value is -1.86. The van der Waals surface area contributed by atoms with E-state index in [1.807, 2.05) is 23.7 Å². The molecular weight excluding hydrogens is 246 g/mol. The van der Waals surface area contributed by atoms with Gasteiger partial charge in [-0.15, -0.1) is 0 Å². The number of rotatable bonds is 8. The molecule has 0 saturated carbocycles. The lowest BCUT2D eigenvalue weighted by Gasteiger charge is -2.10. The highest BCUT2D eigenvalue weighted by Crippen LogP contribution is 2.15. The van der Waals surface area contributed by atoms with Gasteiger partial charge in [0.05, 0.1) is 26.0 Å². The first-order valence-electron chi connectivity index (χ1n) is 6.35. The van der Waals surface area contributed by atoms with Crippen molar-refractivity contribution in [2.24, 2.45) is 0 Å². The zero-order chi connectivity index (χ0) is 13.5. The van der Waals surface area contributed by atoms with Crippen molar-refractivity contribution in [2.45, 2.75) is 6.92 Å². The van der Waals surface area contributed by atoms with Crippen LogP contribution in [0.3, 0.4) is 0 Å². The molecule has 0 fully saturated rings. The van der Waals surface area contributed by atoms with Gasteiger partial charge in [-0.1, -0.05) is 0 Å². The summed E-state index contributed by atoms with van der Waals surface area (Å²) in [6, 6.07) is 0. The first-order valence-corrected chi connectivity index (χ1v) is 6.35. The summed E-state index contributed by atoms with van der Waals surface area (Å²) in [7, 11) is 0. The maximum Gasteiger partial charge on any atom is 0.180 e. The molecule has 0 saturated heterocycles. The summed E-state index contributed by atoms with van der Waals surface area (Å²) >= 11 is 0. The van der Waals surface area contributed by atoms with Gasteiger partial charge in [0.2, 0.25) is 0 Å². The van der Waals surface area contributed by atoms with Gasteiger partial charge in [0.15, 0.2) is 11.5 Å². The van der Waals surface area contributed by atoms with Gasteiger partial charge < -0.3 is 24.9 Å². The van der Waals surface area contributed by atoms with Crippen molar-refractivity contribution in [1.29, 1.82) is 0 Å². The number of aromatic nitrogens is 3. The minimum absolute atomic E-state index is 0.0403. The smallest absolute Gasteiger partial charge is 0.180 e. The third-order valence-corrected chi connectivity index (χ3v) is 2.51. The minimum atomic E-state index is 0.0403. The second-order valence-electron chi connectivity index (χ2n) is 3.93. The highest BCUT2D eigenvalue weighted by molar-refractivity contribution is 5.65. The number of anilines is 2. The summed E-state index contributed by atoms with van der Waals surface area (Å²) in [6.45, 7) is 4.36. The third-order valence-electron chi connectivity index (χ3n) is 2.51. The van der Waals surface area contributed by atoms with Crippen molar-refractivity contribution < 1.29 is 9.84 Å². The first kappa shape index (κ1) is 13.6. The molecule has 0 unspecified atom stereocenters. The zero-order valence-electron chi connectivity index (χ0n) is 11.0. The fraction of sp³-hybridized carbons (Fsp3) is 0.500. The molecule has 2 heterocycles. The predicted molar refractivity (Wildman–Crippen MR) is 73.5 cm³/mol. The highest BCUT2D eigenvalue weighted by atomic mass is 16.5. The second kappa shape index (κ2) is 6.91. The molecule has 0 spiro atoms. The zero-order valence-corrected chi connectivity index (χ0v) is 11.0. The molecular formula is C12H19N5O2. The largest absolute Gasteiger partial charge is 0.394 e. The number of hydrogen-bond acceptors (Lipinski definition) is 6. The molecule has 7 heteroatoms. The Labute approximate surface area is 111 Å². The fourth-order valence-corrected chi connectivity index (χ4v) is 1.72. The molecule has 0 aliphatic heterocycles. The summed E-state index contributed by atoms with van der Waals surface area (Å²) in [6.07, 6.45) is 5.52. The van der Waals surface area contributed by atoms with E-state index < -0.39 is 0 Å². The number of aliphatic hydroxyl groups excluding tert-OH is 1. The molecule has 0 radical (unpaired) electrons. The van der Waals surface area contributed by atoms with Crippen LogP contribution in [0, 0.1) is 0 Å². The molecule has 0 aliphatic carbocycles. The van der Waals surface area contributed by atoms with Gasteiger partial charge in [0, 0.05) is 25.5 Å². The number of aliphatic hydroxyl groups is 1. The lowest BCUT2D eigenvalue weighted by atomic mass is 10.5. The number of fused-ring (bicyclic) bond motifs is 1. The van der Waals surface area contributed by atoms with E-state index in [2.05, 4.69) is 20.6 Å². The van der Waals surface area contributed by atoms with Crippen LogP contribution in [0.4, 0.5) is 11.6 Å². The van der Waals surface area contributed by atoms with Crippen LogP contribution in [0.5, 0.6) is 0 Å². The molecule has 2 rings (SSSR count). The van der Waals surface area contributed by atoms with Crippen molar-refractivity contribution >= 4 is 17.3 Å². The van der Waals surface area contributed by atoms with Crippen LogP contribution >= 0.6 is 0 Å². The van der Waals surface area contributed by atoms with Gasteiger partial charge in [0.1, 0.15) is 5.82 Å². The Bertz CT molecular complexity index is 514. The molecule has 0 atom stereocenters. The van der Waals surface area contributed by atoms with E-state index in [4.69, 9.17) is 9.84 Å². The Balaban J connectivity index is 2.04.